The first kappa shape index (κ1) is 19.6. The summed E-state index contributed by atoms with van der Waals surface area (Å²) in [7, 11) is -0.941. The molecule has 0 spiro atoms. The van der Waals surface area contributed by atoms with Crippen molar-refractivity contribution in [3.8, 4) is 11.5 Å². The van der Waals surface area contributed by atoms with E-state index in [2.05, 4.69) is 10.0 Å². The second-order valence-electron chi connectivity index (χ2n) is 6.14. The van der Waals surface area contributed by atoms with Crippen LogP contribution < -0.4 is 19.5 Å². The topological polar surface area (TPSA) is 76.7 Å². The van der Waals surface area contributed by atoms with Crippen molar-refractivity contribution in [2.45, 2.75) is 11.8 Å². The predicted molar refractivity (Wildman–Crippen MR) is 111 cm³/mol. The average Bonchev–Trinajstić information content (AvgIpc) is 2.70. The first-order chi connectivity index (χ1) is 13.4. The zero-order valence-corrected chi connectivity index (χ0v) is 16.7. The van der Waals surface area contributed by atoms with E-state index in [-0.39, 0.29) is 10.6 Å². The third-order valence-corrected chi connectivity index (χ3v) is 5.62. The Labute approximate surface area is 165 Å². The first-order valence-corrected chi connectivity index (χ1v) is 10.1. The lowest BCUT2D eigenvalue weighted by Gasteiger charge is -2.14. The predicted octanol–water partition coefficient (Wildman–Crippen LogP) is 4.56. The number of nitrogens with one attached hydrogen (secondary N) is 2. The van der Waals surface area contributed by atoms with Gasteiger partial charge in [-0.2, -0.15) is 0 Å². The Morgan fingerprint density at radius 2 is 1.50 bits per heavy atom. The second kappa shape index (κ2) is 8.22. The molecule has 0 amide bonds. The van der Waals surface area contributed by atoms with Crippen molar-refractivity contribution in [1.82, 2.24) is 0 Å². The molecule has 0 saturated carbocycles. The number of anilines is 3. The molecule has 0 bridgehead atoms. The van der Waals surface area contributed by atoms with Crippen molar-refractivity contribution in [1.29, 1.82) is 0 Å². The molecule has 0 fully saturated rings. The van der Waals surface area contributed by atoms with Crippen LogP contribution in [0.4, 0.5) is 17.1 Å². The van der Waals surface area contributed by atoms with Crippen LogP contribution >= 0.6 is 0 Å². The summed E-state index contributed by atoms with van der Waals surface area (Å²) in [4.78, 5) is 0.0106. The van der Waals surface area contributed by atoms with Gasteiger partial charge in [0.25, 0.3) is 10.0 Å². The van der Waals surface area contributed by atoms with Crippen molar-refractivity contribution in [3.63, 3.8) is 0 Å². The van der Waals surface area contributed by atoms with Crippen molar-refractivity contribution < 1.29 is 17.9 Å². The maximum atomic E-state index is 12.8. The van der Waals surface area contributed by atoms with Gasteiger partial charge in [-0.05, 0) is 55.0 Å². The number of benzene rings is 3. The highest BCUT2D eigenvalue weighted by Crippen LogP contribution is 2.30. The molecule has 28 heavy (non-hydrogen) atoms. The standard InChI is InChI=1S/C21H22N2O4S/c1-15-6-4-5-7-19(15)22-16-8-10-17(11-9-16)23-28(24,25)21-14-18(26-2)12-13-20(21)27-3/h4-14,22-23H,1-3H3. The van der Waals surface area contributed by atoms with E-state index in [0.29, 0.717) is 11.4 Å². The Hall–Kier alpha value is -3.19. The summed E-state index contributed by atoms with van der Waals surface area (Å²) in [5.41, 5.74) is 3.42. The van der Waals surface area contributed by atoms with Crippen LogP contribution in [0, 0.1) is 6.92 Å². The van der Waals surface area contributed by atoms with Crippen LogP contribution in [0.3, 0.4) is 0 Å². The number of aryl methyl sites for hydroxylation is 1. The molecule has 3 rings (SSSR count). The molecule has 0 radical (unpaired) electrons. The summed E-state index contributed by atoms with van der Waals surface area (Å²) in [5.74, 6) is 0.671. The maximum Gasteiger partial charge on any atom is 0.265 e. The van der Waals surface area contributed by atoms with Gasteiger partial charge in [0.15, 0.2) is 0 Å². The van der Waals surface area contributed by atoms with Crippen LogP contribution in [0.5, 0.6) is 11.5 Å². The highest BCUT2D eigenvalue weighted by atomic mass is 32.2. The summed E-state index contributed by atoms with van der Waals surface area (Å²) in [6, 6.07) is 19.6. The van der Waals surface area contributed by atoms with Gasteiger partial charge < -0.3 is 14.8 Å². The lowest BCUT2D eigenvalue weighted by Crippen LogP contribution is -2.14. The minimum atomic E-state index is -3.84. The Bertz CT molecular complexity index is 1060. The average molecular weight is 398 g/mol. The number of sulfonamides is 1. The summed E-state index contributed by atoms with van der Waals surface area (Å²) >= 11 is 0. The Morgan fingerprint density at radius 1 is 0.821 bits per heavy atom. The lowest BCUT2D eigenvalue weighted by molar-refractivity contribution is 0.392. The van der Waals surface area contributed by atoms with Gasteiger partial charge in [-0.15, -0.1) is 0 Å². The lowest BCUT2D eigenvalue weighted by atomic mass is 10.2. The normalized spacial score (nSPS) is 11.0. The highest BCUT2D eigenvalue weighted by molar-refractivity contribution is 7.92. The van der Waals surface area contributed by atoms with Crippen LogP contribution in [0.15, 0.2) is 71.6 Å². The van der Waals surface area contributed by atoms with Gasteiger partial charge in [-0.25, -0.2) is 8.42 Å². The molecule has 7 heteroatoms. The number of rotatable bonds is 7. The first-order valence-electron chi connectivity index (χ1n) is 8.60. The summed E-state index contributed by atoms with van der Waals surface area (Å²) in [6.45, 7) is 2.02. The molecule has 0 saturated heterocycles. The molecule has 2 N–H and O–H groups in total. The van der Waals surface area contributed by atoms with Crippen LogP contribution in [-0.2, 0) is 10.0 Å². The molecule has 0 aliphatic heterocycles. The number of methoxy groups -OCH3 is 2. The SMILES string of the molecule is COc1ccc(OC)c(S(=O)(=O)Nc2ccc(Nc3ccccc3C)cc2)c1. The summed E-state index contributed by atoms with van der Waals surface area (Å²) in [5, 5.41) is 3.31. The smallest absolute Gasteiger partial charge is 0.265 e. The second-order valence-corrected chi connectivity index (χ2v) is 7.79. The van der Waals surface area contributed by atoms with Gasteiger partial charge in [-0.1, -0.05) is 18.2 Å². The quantitative estimate of drug-likeness (QED) is 0.610. The molecule has 0 aliphatic rings. The van der Waals surface area contributed by atoms with Crippen LogP contribution in [0.25, 0.3) is 0 Å². The molecule has 3 aromatic rings. The van der Waals surface area contributed by atoms with Crippen molar-refractivity contribution in [2.75, 3.05) is 24.3 Å². The van der Waals surface area contributed by atoms with E-state index >= 15 is 0 Å². The zero-order valence-electron chi connectivity index (χ0n) is 15.9. The van der Waals surface area contributed by atoms with Crippen LogP contribution in [0.2, 0.25) is 0 Å². The van der Waals surface area contributed by atoms with E-state index in [1.165, 1.54) is 20.3 Å². The fraction of sp³-hybridized carbons (Fsp3) is 0.143. The van der Waals surface area contributed by atoms with Gasteiger partial charge in [0.2, 0.25) is 0 Å². The van der Waals surface area contributed by atoms with Gasteiger partial charge in [-0.3, -0.25) is 4.72 Å². The molecule has 6 nitrogen and oxygen atoms in total. The molecular weight excluding hydrogens is 376 g/mol. The van der Waals surface area contributed by atoms with Gasteiger partial charge >= 0.3 is 0 Å². The fourth-order valence-electron chi connectivity index (χ4n) is 2.69. The molecule has 3 aromatic carbocycles. The van der Waals surface area contributed by atoms with Gasteiger partial charge in [0.05, 0.1) is 14.2 Å². The minimum absolute atomic E-state index is 0.0106. The van der Waals surface area contributed by atoms with Crippen molar-refractivity contribution >= 4 is 27.1 Å². The summed E-state index contributed by atoms with van der Waals surface area (Å²) < 4.78 is 38.5. The third-order valence-electron chi connectivity index (χ3n) is 4.22. The number of hydrogen-bond donors (Lipinski definition) is 2. The Morgan fingerprint density at radius 3 is 2.14 bits per heavy atom. The minimum Gasteiger partial charge on any atom is -0.497 e. The third kappa shape index (κ3) is 4.37. The van der Waals surface area contributed by atoms with E-state index in [1.807, 2.05) is 43.3 Å². The molecule has 0 atom stereocenters. The van der Waals surface area contributed by atoms with Crippen molar-refractivity contribution in [2.24, 2.45) is 0 Å². The van der Waals surface area contributed by atoms with E-state index < -0.39 is 10.0 Å². The molecule has 0 unspecified atom stereocenters. The number of ether oxygens (including phenoxy) is 2. The molecular formula is C21H22N2O4S. The molecule has 0 heterocycles. The van der Waals surface area contributed by atoms with Gasteiger partial charge in [0, 0.05) is 23.1 Å². The monoisotopic (exact) mass is 398 g/mol. The Balaban J connectivity index is 1.81. The van der Waals surface area contributed by atoms with E-state index in [9.17, 15) is 8.42 Å². The maximum absolute atomic E-state index is 12.8. The largest absolute Gasteiger partial charge is 0.497 e. The van der Waals surface area contributed by atoms with E-state index in [4.69, 9.17) is 9.47 Å². The Kier molecular flexibility index (Phi) is 5.75. The van der Waals surface area contributed by atoms with Crippen LogP contribution in [0.1, 0.15) is 5.56 Å². The number of hydrogen-bond acceptors (Lipinski definition) is 5. The van der Waals surface area contributed by atoms with E-state index in [0.717, 1.165) is 16.9 Å². The molecule has 0 aliphatic carbocycles. The fourth-order valence-corrected chi connectivity index (χ4v) is 3.94. The van der Waals surface area contributed by atoms with Gasteiger partial charge in [0.1, 0.15) is 16.4 Å². The van der Waals surface area contributed by atoms with Crippen molar-refractivity contribution in [3.05, 3.63) is 72.3 Å². The highest BCUT2D eigenvalue weighted by Gasteiger charge is 2.20. The molecule has 146 valence electrons. The molecule has 0 aromatic heterocycles. The number of para-hydroxylation sites is 1. The van der Waals surface area contributed by atoms with E-state index in [1.54, 1.807) is 24.3 Å². The summed E-state index contributed by atoms with van der Waals surface area (Å²) in [6.07, 6.45) is 0. The van der Waals surface area contributed by atoms with Crippen LogP contribution in [-0.4, -0.2) is 22.6 Å². The zero-order chi connectivity index (χ0) is 20.1.